The Hall–Kier alpha value is -3.63. The largest absolute Gasteiger partial charge is 0.508 e. The van der Waals surface area contributed by atoms with Crippen molar-refractivity contribution in [1.82, 2.24) is 24.7 Å². The van der Waals surface area contributed by atoms with Crippen molar-refractivity contribution in [3.63, 3.8) is 0 Å². The molecule has 3 aliphatic rings. The fourth-order valence-corrected chi connectivity index (χ4v) is 6.14. The third-order valence-electron chi connectivity index (χ3n) is 8.60. The maximum Gasteiger partial charge on any atom is 0.318 e. The Morgan fingerprint density at radius 2 is 1.80 bits per heavy atom. The number of aromatic hydroxyl groups is 1. The Morgan fingerprint density at radius 1 is 1.00 bits per heavy atom. The minimum absolute atomic E-state index is 0.115. The van der Waals surface area contributed by atoms with E-state index in [9.17, 15) is 9.90 Å². The van der Waals surface area contributed by atoms with Crippen molar-refractivity contribution in [3.05, 3.63) is 47.7 Å². The topological polar surface area (TPSA) is 88.5 Å². The number of hydrogen-bond acceptors (Lipinski definition) is 9. The number of rotatable bonds is 5. The number of amides is 1. The van der Waals surface area contributed by atoms with Crippen LogP contribution in [0.1, 0.15) is 18.2 Å². The molecule has 1 unspecified atom stereocenters. The molecule has 1 amide bonds. The number of likely N-dealkylation sites (N-methyl/N-ethyl adjacent to an activating group) is 2. The molecule has 0 aliphatic carbocycles. The highest BCUT2D eigenvalue weighted by Crippen LogP contribution is 2.36. The van der Waals surface area contributed by atoms with Crippen LogP contribution in [0.25, 0.3) is 10.8 Å². The number of aromatic nitrogens is 2. The summed E-state index contributed by atoms with van der Waals surface area (Å²) in [5, 5.41) is 12.6. The maximum absolute atomic E-state index is 11.9. The van der Waals surface area contributed by atoms with E-state index in [1.807, 2.05) is 35.2 Å². The van der Waals surface area contributed by atoms with Crippen molar-refractivity contribution < 1.29 is 14.6 Å². The van der Waals surface area contributed by atoms with Gasteiger partial charge in [-0.15, -0.1) is 0 Å². The van der Waals surface area contributed by atoms with E-state index in [2.05, 4.69) is 39.8 Å². The van der Waals surface area contributed by atoms with Crippen molar-refractivity contribution in [2.45, 2.75) is 25.9 Å². The first-order valence-corrected chi connectivity index (χ1v) is 14.2. The molecule has 1 N–H and O–H groups in total. The first kappa shape index (κ1) is 26.6. The lowest BCUT2D eigenvalue weighted by molar-refractivity contribution is -0.129. The van der Waals surface area contributed by atoms with Crippen molar-refractivity contribution in [2.24, 2.45) is 0 Å². The Labute approximate surface area is 235 Å². The van der Waals surface area contributed by atoms with Gasteiger partial charge in [-0.25, -0.2) is 0 Å². The molecule has 10 nitrogen and oxygen atoms in total. The summed E-state index contributed by atoms with van der Waals surface area (Å²) in [5.74, 6) is 1.30. The molecule has 3 aliphatic heterocycles. The van der Waals surface area contributed by atoms with Gasteiger partial charge < -0.3 is 29.4 Å². The second-order valence-corrected chi connectivity index (χ2v) is 11.3. The second kappa shape index (κ2) is 11.1. The van der Waals surface area contributed by atoms with Gasteiger partial charge in [0, 0.05) is 82.0 Å². The van der Waals surface area contributed by atoms with Crippen molar-refractivity contribution >= 4 is 28.2 Å². The highest BCUT2D eigenvalue weighted by molar-refractivity contribution is 5.95. The molecule has 2 aromatic carbocycles. The summed E-state index contributed by atoms with van der Waals surface area (Å²) >= 11 is 0. The molecule has 4 heterocycles. The first-order valence-electron chi connectivity index (χ1n) is 14.2. The molecule has 2 fully saturated rings. The minimum Gasteiger partial charge on any atom is -0.508 e. The molecular formula is C30H39N7O3. The molecular weight excluding hydrogens is 506 g/mol. The molecule has 1 atom stereocenters. The molecule has 40 heavy (non-hydrogen) atoms. The average molecular weight is 546 g/mol. The quantitative estimate of drug-likeness (QED) is 0.518. The van der Waals surface area contributed by atoms with Gasteiger partial charge in [-0.2, -0.15) is 9.97 Å². The zero-order valence-corrected chi connectivity index (χ0v) is 23.7. The van der Waals surface area contributed by atoms with Crippen LogP contribution in [0, 0.1) is 0 Å². The predicted molar refractivity (Wildman–Crippen MR) is 156 cm³/mol. The summed E-state index contributed by atoms with van der Waals surface area (Å²) < 4.78 is 6.31. The first-order chi connectivity index (χ1) is 19.4. The van der Waals surface area contributed by atoms with Crippen LogP contribution in [0.4, 0.5) is 11.5 Å². The number of phenols is 1. The van der Waals surface area contributed by atoms with E-state index >= 15 is 0 Å². The number of benzene rings is 2. The van der Waals surface area contributed by atoms with E-state index in [-0.39, 0.29) is 17.7 Å². The standard InChI is InChI=1S/C30H39N7O3/c1-21(38)35-12-14-36(15-13-35)29-26-8-9-37(28-17-24(39)16-22-6-4-5-7-25(22)28)19-27(26)31-30(32-29)40-20-23-18-33(2)10-11-34(23)3/h4-7,16-17,23,39H,8-15,18-20H2,1-3H3. The fraction of sp³-hybridized carbons (Fsp3) is 0.500. The van der Waals surface area contributed by atoms with Gasteiger partial charge in [0.25, 0.3) is 0 Å². The highest BCUT2D eigenvalue weighted by atomic mass is 16.5. The summed E-state index contributed by atoms with van der Waals surface area (Å²) in [4.78, 5) is 33.0. The van der Waals surface area contributed by atoms with Gasteiger partial charge in [-0.05, 0) is 32.0 Å². The summed E-state index contributed by atoms with van der Waals surface area (Å²) in [6.07, 6.45) is 0.790. The monoisotopic (exact) mass is 545 g/mol. The van der Waals surface area contributed by atoms with Crippen molar-refractivity contribution in [1.29, 1.82) is 0 Å². The van der Waals surface area contributed by atoms with Crippen LogP contribution >= 0.6 is 0 Å². The molecule has 0 spiro atoms. The molecule has 212 valence electrons. The number of ether oxygens (including phenoxy) is 1. The lowest BCUT2D eigenvalue weighted by Crippen LogP contribution is -2.52. The Bertz CT molecular complexity index is 1390. The average Bonchev–Trinajstić information content (AvgIpc) is 2.96. The SMILES string of the molecule is CC(=O)N1CCN(c2nc(OCC3CN(C)CCN3C)nc3c2CCN(c2cc(O)cc4ccccc24)C3)CC1. The van der Waals surface area contributed by atoms with E-state index in [1.165, 1.54) is 0 Å². The summed E-state index contributed by atoms with van der Waals surface area (Å²) in [7, 11) is 4.29. The number of carbonyl (C=O) groups excluding carboxylic acids is 1. The number of fused-ring (bicyclic) bond motifs is 2. The Kier molecular flexibility index (Phi) is 7.37. The van der Waals surface area contributed by atoms with Crippen LogP contribution < -0.4 is 14.5 Å². The van der Waals surface area contributed by atoms with Crippen LogP contribution in [0.15, 0.2) is 36.4 Å². The van der Waals surface area contributed by atoms with Gasteiger partial charge in [-0.3, -0.25) is 9.69 Å². The Balaban J connectivity index is 1.31. The van der Waals surface area contributed by atoms with Crippen molar-refractivity contribution in [3.8, 4) is 11.8 Å². The number of nitrogens with zero attached hydrogens (tertiary/aromatic N) is 7. The Morgan fingerprint density at radius 3 is 2.60 bits per heavy atom. The lowest BCUT2D eigenvalue weighted by Gasteiger charge is -2.38. The molecule has 1 aromatic heterocycles. The van der Waals surface area contributed by atoms with E-state index in [0.717, 1.165) is 79.2 Å². The van der Waals surface area contributed by atoms with Gasteiger partial charge in [0.2, 0.25) is 5.91 Å². The van der Waals surface area contributed by atoms with Crippen molar-refractivity contribution in [2.75, 3.05) is 82.9 Å². The smallest absolute Gasteiger partial charge is 0.318 e. The predicted octanol–water partition coefficient (Wildman–Crippen LogP) is 2.19. The van der Waals surface area contributed by atoms with Gasteiger partial charge in [0.05, 0.1) is 18.3 Å². The van der Waals surface area contributed by atoms with E-state index < -0.39 is 0 Å². The normalized spacial score (nSPS) is 20.6. The molecule has 2 saturated heterocycles. The number of piperazine rings is 2. The zero-order chi connectivity index (χ0) is 27.8. The fourth-order valence-electron chi connectivity index (χ4n) is 6.14. The summed E-state index contributed by atoms with van der Waals surface area (Å²) in [6.45, 7) is 9.41. The van der Waals surface area contributed by atoms with Crippen LogP contribution in [0.2, 0.25) is 0 Å². The number of hydrogen-bond donors (Lipinski definition) is 1. The van der Waals surface area contributed by atoms with Gasteiger partial charge in [0.15, 0.2) is 0 Å². The van der Waals surface area contributed by atoms with E-state index in [4.69, 9.17) is 14.7 Å². The van der Waals surface area contributed by atoms with Gasteiger partial charge in [-0.1, -0.05) is 24.3 Å². The van der Waals surface area contributed by atoms with Crippen LogP contribution in [0.3, 0.4) is 0 Å². The van der Waals surface area contributed by atoms with Gasteiger partial charge >= 0.3 is 6.01 Å². The van der Waals surface area contributed by atoms with Gasteiger partial charge in [0.1, 0.15) is 18.2 Å². The molecule has 0 saturated carbocycles. The molecule has 6 rings (SSSR count). The highest BCUT2D eigenvalue weighted by Gasteiger charge is 2.30. The van der Waals surface area contributed by atoms with Crippen LogP contribution in [-0.2, 0) is 17.8 Å². The number of carbonyl (C=O) groups is 1. The van der Waals surface area contributed by atoms with E-state index in [0.29, 0.717) is 32.3 Å². The number of anilines is 2. The summed E-state index contributed by atoms with van der Waals surface area (Å²) in [5.41, 5.74) is 3.12. The lowest BCUT2D eigenvalue weighted by atomic mass is 10.0. The van der Waals surface area contributed by atoms with E-state index in [1.54, 1.807) is 6.92 Å². The second-order valence-electron chi connectivity index (χ2n) is 11.3. The molecule has 3 aromatic rings. The third-order valence-corrected chi connectivity index (χ3v) is 8.60. The van der Waals surface area contributed by atoms with Crippen LogP contribution in [-0.4, -0.2) is 115 Å². The maximum atomic E-state index is 11.9. The third kappa shape index (κ3) is 5.38. The van der Waals surface area contributed by atoms with Crippen LogP contribution in [0.5, 0.6) is 11.8 Å². The zero-order valence-electron chi connectivity index (χ0n) is 23.7. The summed E-state index contributed by atoms with van der Waals surface area (Å²) in [6, 6.07) is 12.5. The molecule has 0 radical (unpaired) electrons. The minimum atomic E-state index is 0.115. The molecule has 0 bridgehead atoms. The number of phenolic OH excluding ortho intramolecular Hbond substituents is 1. The molecule has 10 heteroatoms.